The maximum atomic E-state index is 10.3. The Morgan fingerprint density at radius 2 is 1.75 bits per heavy atom. The Hall–Kier alpha value is -2.56. The number of hydrogen-bond donors (Lipinski definition) is 3. The molecule has 0 radical (unpaired) electrons. The smallest absolute Gasteiger partial charge is 0.309 e. The number of carbonyl (C=O) groups is 2. The summed E-state index contributed by atoms with van der Waals surface area (Å²) in [5.74, 6) is -1.06. The number of fused-ring (bicyclic) bond motifs is 1. The van der Waals surface area contributed by atoms with Crippen molar-refractivity contribution in [2.24, 2.45) is 0 Å². The molecule has 1 fully saturated rings. The van der Waals surface area contributed by atoms with Gasteiger partial charge < -0.3 is 15.6 Å². The maximum Gasteiger partial charge on any atom is 0.309 e. The molecule has 2 amide bonds. The quantitative estimate of drug-likeness (QED) is 0.566. The minimum Gasteiger partial charge on any atom is -0.358 e. The molecule has 0 unspecified atom stereocenters. The number of amides is 2. The highest BCUT2D eigenvalue weighted by molar-refractivity contribution is 6.35. The average molecular weight is 271 g/mol. The first-order valence-electron chi connectivity index (χ1n) is 6.44. The van der Waals surface area contributed by atoms with Crippen LogP contribution in [0.5, 0.6) is 0 Å². The van der Waals surface area contributed by atoms with Crippen LogP contribution in [0.4, 0.5) is 0 Å². The molecule has 1 aromatic heterocycles. The Morgan fingerprint density at radius 1 is 1.10 bits per heavy atom. The zero-order valence-corrected chi connectivity index (χ0v) is 11.1. The minimum absolute atomic E-state index is 0.531. The van der Waals surface area contributed by atoms with Gasteiger partial charge in [-0.1, -0.05) is 24.3 Å². The molecule has 2 aromatic rings. The first-order valence-corrected chi connectivity index (χ1v) is 6.44. The standard InChI is InChI=1S/C11H11N.C4H6N2O2/c1-2-5-10-8-9-6-3-4-7-11(9)12-10;7-3-4(8)6-2-1-5-3/h2-4,6-8,12H,1,5H2;1-2H2,(H,5,7)(H,6,8). The molecule has 2 heterocycles. The topological polar surface area (TPSA) is 74.0 Å². The molecule has 3 N–H and O–H groups in total. The van der Waals surface area contributed by atoms with Gasteiger partial charge in [0.2, 0.25) is 0 Å². The highest BCUT2D eigenvalue weighted by Crippen LogP contribution is 2.14. The van der Waals surface area contributed by atoms with Crippen LogP contribution in [0.1, 0.15) is 5.69 Å². The van der Waals surface area contributed by atoms with Crippen LogP contribution in [0, 0.1) is 0 Å². The zero-order chi connectivity index (χ0) is 14.4. The van der Waals surface area contributed by atoms with E-state index in [4.69, 9.17) is 0 Å². The van der Waals surface area contributed by atoms with E-state index < -0.39 is 11.8 Å². The summed E-state index contributed by atoms with van der Waals surface area (Å²) in [6.07, 6.45) is 2.82. The van der Waals surface area contributed by atoms with Gasteiger partial charge in [-0.2, -0.15) is 0 Å². The molecule has 3 rings (SSSR count). The van der Waals surface area contributed by atoms with Crippen LogP contribution < -0.4 is 10.6 Å². The van der Waals surface area contributed by atoms with E-state index >= 15 is 0 Å². The van der Waals surface area contributed by atoms with Gasteiger partial charge in [0.15, 0.2) is 0 Å². The van der Waals surface area contributed by atoms with Gasteiger partial charge in [-0.3, -0.25) is 9.59 Å². The van der Waals surface area contributed by atoms with Crippen LogP contribution in [0.3, 0.4) is 0 Å². The number of carbonyl (C=O) groups excluding carboxylic acids is 2. The van der Waals surface area contributed by atoms with Gasteiger partial charge in [-0.15, -0.1) is 6.58 Å². The second-order valence-corrected chi connectivity index (χ2v) is 4.39. The fraction of sp³-hybridized carbons (Fsp3) is 0.200. The number of aromatic amines is 1. The SMILES string of the molecule is C=CCc1cc2ccccc2[nH]1.O=C1NCCNC1=O. The molecule has 1 aromatic carbocycles. The van der Waals surface area contributed by atoms with E-state index in [0.717, 1.165) is 6.42 Å². The van der Waals surface area contributed by atoms with Crippen molar-refractivity contribution < 1.29 is 9.59 Å². The second-order valence-electron chi connectivity index (χ2n) is 4.39. The molecule has 1 saturated heterocycles. The van der Waals surface area contributed by atoms with Gasteiger partial charge in [0.25, 0.3) is 0 Å². The molecule has 0 spiro atoms. The second kappa shape index (κ2) is 6.56. The molecular weight excluding hydrogens is 254 g/mol. The number of benzene rings is 1. The van der Waals surface area contributed by atoms with Gasteiger partial charge in [-0.25, -0.2) is 0 Å². The summed E-state index contributed by atoms with van der Waals surface area (Å²) >= 11 is 0. The summed E-state index contributed by atoms with van der Waals surface area (Å²) in [5.41, 5.74) is 2.43. The number of allylic oxidation sites excluding steroid dienone is 1. The van der Waals surface area contributed by atoms with Crippen molar-refractivity contribution in [2.75, 3.05) is 13.1 Å². The molecule has 5 heteroatoms. The van der Waals surface area contributed by atoms with E-state index in [2.05, 4.69) is 40.4 Å². The van der Waals surface area contributed by atoms with Gasteiger partial charge in [0, 0.05) is 30.7 Å². The third-order valence-electron chi connectivity index (χ3n) is 2.85. The molecule has 0 bridgehead atoms. The van der Waals surface area contributed by atoms with Crippen LogP contribution in [-0.4, -0.2) is 29.9 Å². The van der Waals surface area contributed by atoms with E-state index in [9.17, 15) is 9.59 Å². The lowest BCUT2D eigenvalue weighted by atomic mass is 10.2. The van der Waals surface area contributed by atoms with E-state index in [-0.39, 0.29) is 0 Å². The number of H-pyrrole nitrogens is 1. The molecule has 104 valence electrons. The number of hydrogen-bond acceptors (Lipinski definition) is 2. The average Bonchev–Trinajstić information content (AvgIpc) is 2.86. The number of rotatable bonds is 2. The van der Waals surface area contributed by atoms with Crippen LogP contribution in [0.2, 0.25) is 0 Å². The predicted molar refractivity (Wildman–Crippen MR) is 78.2 cm³/mol. The van der Waals surface area contributed by atoms with Crippen molar-refractivity contribution in [1.29, 1.82) is 0 Å². The Bertz CT molecular complexity index is 582. The Kier molecular flexibility index (Phi) is 4.55. The number of aromatic nitrogens is 1. The van der Waals surface area contributed by atoms with E-state index in [0.29, 0.717) is 13.1 Å². The third kappa shape index (κ3) is 3.47. The lowest BCUT2D eigenvalue weighted by molar-refractivity contribution is -0.140. The summed E-state index contributed by atoms with van der Waals surface area (Å²) < 4.78 is 0. The molecule has 1 aliphatic heterocycles. The van der Waals surface area contributed by atoms with Crippen molar-refractivity contribution in [3.05, 3.63) is 48.7 Å². The molecule has 5 nitrogen and oxygen atoms in total. The highest BCUT2D eigenvalue weighted by Gasteiger charge is 2.15. The summed E-state index contributed by atoms with van der Waals surface area (Å²) in [6, 6.07) is 10.4. The number of piperazine rings is 1. The van der Waals surface area contributed by atoms with Crippen LogP contribution in [0.25, 0.3) is 10.9 Å². The van der Waals surface area contributed by atoms with Crippen LogP contribution in [0.15, 0.2) is 43.0 Å². The summed E-state index contributed by atoms with van der Waals surface area (Å²) in [6.45, 7) is 4.80. The first kappa shape index (κ1) is 13.9. The zero-order valence-electron chi connectivity index (χ0n) is 11.1. The number of nitrogens with one attached hydrogen (secondary N) is 3. The van der Waals surface area contributed by atoms with Crippen molar-refractivity contribution in [3.63, 3.8) is 0 Å². The predicted octanol–water partition coefficient (Wildman–Crippen LogP) is 1.13. The van der Waals surface area contributed by atoms with E-state index in [1.54, 1.807) is 0 Å². The molecule has 1 aliphatic rings. The van der Waals surface area contributed by atoms with E-state index in [1.165, 1.54) is 16.6 Å². The van der Waals surface area contributed by atoms with Gasteiger partial charge in [0.05, 0.1) is 0 Å². The minimum atomic E-state index is -0.531. The largest absolute Gasteiger partial charge is 0.358 e. The highest BCUT2D eigenvalue weighted by atomic mass is 16.2. The van der Waals surface area contributed by atoms with Gasteiger partial charge in [-0.05, 0) is 17.5 Å². The molecule has 0 atom stereocenters. The fourth-order valence-electron chi connectivity index (χ4n) is 1.91. The first-order chi connectivity index (χ1) is 9.70. The normalized spacial score (nSPS) is 14.0. The third-order valence-corrected chi connectivity index (χ3v) is 2.85. The van der Waals surface area contributed by atoms with Crippen LogP contribution >= 0.6 is 0 Å². The molecule has 20 heavy (non-hydrogen) atoms. The van der Waals surface area contributed by atoms with Crippen molar-refractivity contribution in [2.45, 2.75) is 6.42 Å². The fourth-order valence-corrected chi connectivity index (χ4v) is 1.91. The Labute approximate surface area is 117 Å². The van der Waals surface area contributed by atoms with Gasteiger partial charge in [0.1, 0.15) is 0 Å². The monoisotopic (exact) mass is 271 g/mol. The van der Waals surface area contributed by atoms with Crippen molar-refractivity contribution >= 4 is 22.7 Å². The Balaban J connectivity index is 0.000000160. The van der Waals surface area contributed by atoms with Crippen molar-refractivity contribution in [3.8, 4) is 0 Å². The number of para-hydroxylation sites is 1. The summed E-state index contributed by atoms with van der Waals surface area (Å²) in [4.78, 5) is 23.9. The molecule has 0 aliphatic carbocycles. The molecular formula is C15H17N3O2. The lowest BCUT2D eigenvalue weighted by Crippen LogP contribution is -2.49. The van der Waals surface area contributed by atoms with E-state index in [1.807, 2.05) is 18.2 Å². The summed E-state index contributed by atoms with van der Waals surface area (Å²) in [7, 11) is 0. The Morgan fingerprint density at radius 3 is 2.30 bits per heavy atom. The van der Waals surface area contributed by atoms with Crippen LogP contribution in [-0.2, 0) is 16.0 Å². The molecule has 0 saturated carbocycles. The van der Waals surface area contributed by atoms with Gasteiger partial charge >= 0.3 is 11.8 Å². The maximum absolute atomic E-state index is 10.3. The van der Waals surface area contributed by atoms with Crippen molar-refractivity contribution in [1.82, 2.24) is 15.6 Å². The summed E-state index contributed by atoms with van der Waals surface area (Å²) in [5, 5.41) is 6.03. The lowest BCUT2D eigenvalue weighted by Gasteiger charge is -2.10.